The summed E-state index contributed by atoms with van der Waals surface area (Å²) in [5.74, 6) is 2.34. The van der Waals surface area contributed by atoms with E-state index in [0.717, 1.165) is 44.2 Å². The van der Waals surface area contributed by atoms with Crippen LogP contribution in [-0.4, -0.2) is 58.4 Å². The molecule has 1 aromatic heterocycles. The summed E-state index contributed by atoms with van der Waals surface area (Å²) in [5, 5.41) is 12.8. The van der Waals surface area contributed by atoms with Crippen molar-refractivity contribution < 1.29 is 4.74 Å². The standard InChI is InChI=1S/C21H34N6O/c1-7-21(4,5)27-20(22-23-24-27)19(16(2)3)26-14-12-25(13-15-26)17-10-8-9-11-18(17)28-6/h8-11,16,19H,7,12-15H2,1-6H3/t19-/m0/s1. The molecule has 0 radical (unpaired) electrons. The highest BCUT2D eigenvalue weighted by atomic mass is 16.5. The van der Waals surface area contributed by atoms with Crippen LogP contribution in [0.5, 0.6) is 5.75 Å². The Hall–Kier alpha value is -2.15. The third-order valence-corrected chi connectivity index (χ3v) is 5.96. The summed E-state index contributed by atoms with van der Waals surface area (Å²) in [5.41, 5.74) is 1.08. The van der Waals surface area contributed by atoms with E-state index in [1.165, 1.54) is 5.69 Å². The maximum absolute atomic E-state index is 5.55. The van der Waals surface area contributed by atoms with Crippen molar-refractivity contribution in [1.82, 2.24) is 25.1 Å². The Morgan fingerprint density at radius 3 is 2.39 bits per heavy atom. The molecule has 2 heterocycles. The van der Waals surface area contributed by atoms with Crippen molar-refractivity contribution in [3.63, 3.8) is 0 Å². The maximum atomic E-state index is 5.55. The number of ether oxygens (including phenoxy) is 1. The number of aromatic nitrogens is 4. The van der Waals surface area contributed by atoms with Gasteiger partial charge in [0.25, 0.3) is 0 Å². The number of benzene rings is 1. The van der Waals surface area contributed by atoms with Crippen LogP contribution in [0.25, 0.3) is 0 Å². The van der Waals surface area contributed by atoms with Gasteiger partial charge in [-0.1, -0.05) is 32.9 Å². The highest BCUT2D eigenvalue weighted by Crippen LogP contribution is 2.33. The fourth-order valence-corrected chi connectivity index (χ4v) is 3.97. The lowest BCUT2D eigenvalue weighted by molar-refractivity contribution is 0.126. The molecule has 0 N–H and O–H groups in total. The molecule has 1 fully saturated rings. The number of hydrogen-bond donors (Lipinski definition) is 0. The second-order valence-electron chi connectivity index (χ2n) is 8.50. The number of methoxy groups -OCH3 is 1. The number of anilines is 1. The largest absolute Gasteiger partial charge is 0.495 e. The van der Waals surface area contributed by atoms with Crippen LogP contribution in [-0.2, 0) is 5.54 Å². The molecular formula is C21H34N6O. The molecule has 0 saturated carbocycles. The van der Waals surface area contributed by atoms with Crippen molar-refractivity contribution in [2.24, 2.45) is 5.92 Å². The number of piperazine rings is 1. The van der Waals surface area contributed by atoms with E-state index in [0.29, 0.717) is 5.92 Å². The van der Waals surface area contributed by atoms with Crippen LogP contribution >= 0.6 is 0 Å². The van der Waals surface area contributed by atoms with E-state index < -0.39 is 0 Å². The van der Waals surface area contributed by atoms with E-state index in [-0.39, 0.29) is 11.6 Å². The summed E-state index contributed by atoms with van der Waals surface area (Å²) < 4.78 is 7.58. The highest BCUT2D eigenvalue weighted by Gasteiger charge is 2.34. The molecule has 0 amide bonds. The van der Waals surface area contributed by atoms with Crippen LogP contribution < -0.4 is 9.64 Å². The van der Waals surface area contributed by atoms with Crippen molar-refractivity contribution in [3.05, 3.63) is 30.1 Å². The van der Waals surface area contributed by atoms with Gasteiger partial charge >= 0.3 is 0 Å². The molecule has 28 heavy (non-hydrogen) atoms. The molecule has 1 aromatic carbocycles. The molecular weight excluding hydrogens is 352 g/mol. The Labute approximate surface area is 168 Å². The van der Waals surface area contributed by atoms with Gasteiger partial charge in [0.05, 0.1) is 24.4 Å². The van der Waals surface area contributed by atoms with E-state index in [4.69, 9.17) is 4.74 Å². The molecule has 2 aromatic rings. The van der Waals surface area contributed by atoms with Gasteiger partial charge in [0.1, 0.15) is 5.75 Å². The Morgan fingerprint density at radius 1 is 1.11 bits per heavy atom. The lowest BCUT2D eigenvalue weighted by Gasteiger charge is -2.42. The second kappa shape index (κ2) is 8.47. The molecule has 1 aliphatic heterocycles. The van der Waals surface area contributed by atoms with Crippen LogP contribution in [0.15, 0.2) is 24.3 Å². The monoisotopic (exact) mass is 386 g/mol. The fraction of sp³-hybridized carbons (Fsp3) is 0.667. The fourth-order valence-electron chi connectivity index (χ4n) is 3.97. The van der Waals surface area contributed by atoms with Crippen molar-refractivity contribution in [3.8, 4) is 5.75 Å². The Morgan fingerprint density at radius 2 is 1.79 bits per heavy atom. The summed E-state index contributed by atoms with van der Waals surface area (Å²) in [4.78, 5) is 4.94. The molecule has 3 rings (SSSR count). The Bertz CT molecular complexity index is 764. The molecule has 0 unspecified atom stereocenters. The Balaban J connectivity index is 1.79. The average Bonchev–Trinajstić information content (AvgIpc) is 3.18. The lowest BCUT2D eigenvalue weighted by Crippen LogP contribution is -2.49. The van der Waals surface area contributed by atoms with Gasteiger partial charge in [-0.15, -0.1) is 5.10 Å². The van der Waals surface area contributed by atoms with E-state index in [2.05, 4.69) is 72.1 Å². The normalized spacial score (nSPS) is 17.2. The van der Waals surface area contributed by atoms with E-state index in [1.807, 2.05) is 16.8 Å². The quantitative estimate of drug-likeness (QED) is 0.727. The van der Waals surface area contributed by atoms with Gasteiger partial charge in [-0.3, -0.25) is 4.90 Å². The zero-order valence-corrected chi connectivity index (χ0v) is 18.1. The van der Waals surface area contributed by atoms with Crippen LogP contribution in [0.1, 0.15) is 52.9 Å². The minimum absolute atomic E-state index is 0.0921. The lowest BCUT2D eigenvalue weighted by atomic mass is 9.97. The zero-order valence-electron chi connectivity index (χ0n) is 18.1. The first-order valence-corrected chi connectivity index (χ1v) is 10.3. The SMILES string of the molecule is CCC(C)(C)n1nnnc1[C@H](C(C)C)N1CCN(c2ccccc2OC)CC1. The number of nitrogens with zero attached hydrogens (tertiary/aromatic N) is 6. The zero-order chi connectivity index (χ0) is 20.3. The minimum atomic E-state index is -0.0921. The predicted octanol–water partition coefficient (Wildman–Crippen LogP) is 3.35. The van der Waals surface area contributed by atoms with Crippen LogP contribution in [0.4, 0.5) is 5.69 Å². The summed E-state index contributed by atoms with van der Waals surface area (Å²) in [6, 6.07) is 8.46. The predicted molar refractivity (Wildman–Crippen MR) is 112 cm³/mol. The number of rotatable bonds is 7. The molecule has 0 spiro atoms. The van der Waals surface area contributed by atoms with Gasteiger partial charge in [-0.2, -0.15) is 0 Å². The smallest absolute Gasteiger partial charge is 0.169 e. The van der Waals surface area contributed by atoms with Gasteiger partial charge < -0.3 is 9.64 Å². The highest BCUT2D eigenvalue weighted by molar-refractivity contribution is 5.58. The van der Waals surface area contributed by atoms with Gasteiger partial charge in [0, 0.05) is 26.2 Å². The number of tetrazole rings is 1. The van der Waals surface area contributed by atoms with Crippen molar-refractivity contribution in [2.45, 2.75) is 52.6 Å². The third-order valence-electron chi connectivity index (χ3n) is 5.96. The summed E-state index contributed by atoms with van der Waals surface area (Å²) >= 11 is 0. The Kier molecular flexibility index (Phi) is 6.23. The molecule has 0 aliphatic carbocycles. The van der Waals surface area contributed by atoms with Crippen molar-refractivity contribution in [2.75, 3.05) is 38.2 Å². The second-order valence-corrected chi connectivity index (χ2v) is 8.50. The third kappa shape index (κ3) is 3.99. The van der Waals surface area contributed by atoms with Crippen LogP contribution in [0, 0.1) is 5.92 Å². The van der Waals surface area contributed by atoms with Gasteiger partial charge in [0.15, 0.2) is 5.82 Å². The van der Waals surface area contributed by atoms with Crippen LogP contribution in [0.2, 0.25) is 0 Å². The maximum Gasteiger partial charge on any atom is 0.169 e. The first kappa shape index (κ1) is 20.6. The van der Waals surface area contributed by atoms with Crippen molar-refractivity contribution >= 4 is 5.69 Å². The van der Waals surface area contributed by atoms with Crippen LogP contribution in [0.3, 0.4) is 0 Å². The summed E-state index contributed by atoms with van der Waals surface area (Å²) in [6.07, 6.45) is 0.984. The minimum Gasteiger partial charge on any atom is -0.495 e. The van der Waals surface area contributed by atoms with Gasteiger partial charge in [0.2, 0.25) is 0 Å². The van der Waals surface area contributed by atoms with E-state index in [1.54, 1.807) is 7.11 Å². The number of hydrogen-bond acceptors (Lipinski definition) is 6. The topological polar surface area (TPSA) is 59.3 Å². The van der Waals surface area contributed by atoms with E-state index >= 15 is 0 Å². The molecule has 7 nitrogen and oxygen atoms in total. The average molecular weight is 387 g/mol. The number of para-hydroxylation sites is 2. The van der Waals surface area contributed by atoms with Gasteiger partial charge in [-0.05, 0) is 48.7 Å². The summed E-state index contributed by atoms with van der Waals surface area (Å²) in [7, 11) is 1.74. The first-order chi connectivity index (χ1) is 13.4. The van der Waals surface area contributed by atoms with E-state index in [9.17, 15) is 0 Å². The molecule has 1 atom stereocenters. The molecule has 0 bridgehead atoms. The molecule has 1 saturated heterocycles. The van der Waals surface area contributed by atoms with Gasteiger partial charge in [-0.25, -0.2) is 4.68 Å². The van der Waals surface area contributed by atoms with Crippen molar-refractivity contribution in [1.29, 1.82) is 0 Å². The first-order valence-electron chi connectivity index (χ1n) is 10.3. The molecule has 1 aliphatic rings. The molecule has 154 valence electrons. The molecule has 7 heteroatoms. The summed E-state index contributed by atoms with van der Waals surface area (Å²) in [6.45, 7) is 15.0.